The standard InChI is InChI=1S/C24H20Cl2N4O2S2/c25-19-5-9-21(10-6-19)33-15-23(31)29-27-13-17-1-2-18(4-3-17)14-28-30-24(32)16-34-22-11-7-20(26)8-12-22/h1-14H,15-16H2,(H,29,31)(H,30,32)/b27-13+,28-14+. The van der Waals surface area contributed by atoms with Crippen molar-refractivity contribution < 1.29 is 9.59 Å². The van der Waals surface area contributed by atoms with Crippen molar-refractivity contribution in [2.75, 3.05) is 11.5 Å². The van der Waals surface area contributed by atoms with Crippen LogP contribution in [0.3, 0.4) is 0 Å². The highest BCUT2D eigenvalue weighted by Gasteiger charge is 2.03. The molecule has 6 nitrogen and oxygen atoms in total. The molecule has 0 aliphatic carbocycles. The summed E-state index contributed by atoms with van der Waals surface area (Å²) < 4.78 is 0. The fourth-order valence-electron chi connectivity index (χ4n) is 2.45. The maximum absolute atomic E-state index is 11.9. The van der Waals surface area contributed by atoms with Gasteiger partial charge in [0.05, 0.1) is 23.9 Å². The zero-order chi connectivity index (χ0) is 24.2. The number of thioether (sulfide) groups is 2. The summed E-state index contributed by atoms with van der Waals surface area (Å²) in [5.41, 5.74) is 6.63. The van der Waals surface area contributed by atoms with Gasteiger partial charge in [-0.25, -0.2) is 10.9 Å². The van der Waals surface area contributed by atoms with Gasteiger partial charge >= 0.3 is 0 Å². The Morgan fingerprint density at radius 3 is 1.35 bits per heavy atom. The molecule has 2 N–H and O–H groups in total. The van der Waals surface area contributed by atoms with E-state index < -0.39 is 0 Å². The predicted molar refractivity (Wildman–Crippen MR) is 142 cm³/mol. The van der Waals surface area contributed by atoms with E-state index in [9.17, 15) is 9.59 Å². The van der Waals surface area contributed by atoms with Crippen LogP contribution in [0.5, 0.6) is 0 Å². The van der Waals surface area contributed by atoms with Gasteiger partial charge in [0.1, 0.15) is 0 Å². The van der Waals surface area contributed by atoms with Gasteiger partial charge in [0.25, 0.3) is 0 Å². The molecule has 0 fully saturated rings. The Bertz CT molecular complexity index is 1060. The van der Waals surface area contributed by atoms with Crippen LogP contribution in [0.1, 0.15) is 11.1 Å². The number of nitrogens with one attached hydrogen (secondary N) is 2. The van der Waals surface area contributed by atoms with Crippen molar-refractivity contribution in [3.8, 4) is 0 Å². The SMILES string of the molecule is O=C(CSc1ccc(Cl)cc1)N/N=C/c1ccc(/C=N/NC(=O)CSc2ccc(Cl)cc2)cc1. The molecule has 0 saturated heterocycles. The van der Waals surface area contributed by atoms with E-state index in [1.54, 1.807) is 36.7 Å². The maximum atomic E-state index is 11.9. The third-order valence-corrected chi connectivity index (χ3v) is 6.64. The van der Waals surface area contributed by atoms with Gasteiger partial charge in [-0.05, 0) is 59.7 Å². The summed E-state index contributed by atoms with van der Waals surface area (Å²) in [5, 5.41) is 9.26. The van der Waals surface area contributed by atoms with Crippen LogP contribution < -0.4 is 10.9 Å². The van der Waals surface area contributed by atoms with Crippen LogP contribution in [0.25, 0.3) is 0 Å². The van der Waals surface area contributed by atoms with Crippen molar-refractivity contribution >= 4 is 71.0 Å². The van der Waals surface area contributed by atoms with E-state index in [2.05, 4.69) is 21.1 Å². The molecule has 0 spiro atoms. The Labute approximate surface area is 216 Å². The van der Waals surface area contributed by atoms with Gasteiger partial charge in [0.15, 0.2) is 0 Å². The zero-order valence-corrected chi connectivity index (χ0v) is 20.9. The predicted octanol–water partition coefficient (Wildman–Crippen LogP) is 5.48. The molecule has 3 aromatic rings. The van der Waals surface area contributed by atoms with Crippen LogP contribution >= 0.6 is 46.7 Å². The highest BCUT2D eigenvalue weighted by Crippen LogP contribution is 2.20. The topological polar surface area (TPSA) is 82.9 Å². The fourth-order valence-corrected chi connectivity index (χ4v) is 4.08. The first-order valence-corrected chi connectivity index (χ1v) is 12.7. The zero-order valence-electron chi connectivity index (χ0n) is 17.8. The molecule has 2 amide bonds. The summed E-state index contributed by atoms with van der Waals surface area (Å²) in [7, 11) is 0. The van der Waals surface area contributed by atoms with E-state index in [0.717, 1.165) is 20.9 Å². The lowest BCUT2D eigenvalue weighted by atomic mass is 10.2. The van der Waals surface area contributed by atoms with Crippen LogP contribution in [0.4, 0.5) is 0 Å². The second-order valence-corrected chi connectivity index (χ2v) is 9.71. The Kier molecular flexibility index (Phi) is 10.5. The van der Waals surface area contributed by atoms with Gasteiger partial charge in [0, 0.05) is 19.8 Å². The first-order valence-electron chi connectivity index (χ1n) is 9.98. The lowest BCUT2D eigenvalue weighted by Gasteiger charge is -2.01. The van der Waals surface area contributed by atoms with Crippen LogP contribution in [0, 0.1) is 0 Å². The normalized spacial score (nSPS) is 11.1. The molecule has 0 bridgehead atoms. The minimum Gasteiger partial charge on any atom is -0.272 e. The van der Waals surface area contributed by atoms with Crippen LogP contribution in [-0.2, 0) is 9.59 Å². The van der Waals surface area contributed by atoms with Crippen molar-refractivity contribution in [1.29, 1.82) is 0 Å². The van der Waals surface area contributed by atoms with Gasteiger partial charge in [0.2, 0.25) is 11.8 Å². The summed E-state index contributed by atoms with van der Waals surface area (Å²) in [6.45, 7) is 0. The molecular weight excluding hydrogens is 511 g/mol. The number of hydrogen-bond donors (Lipinski definition) is 2. The molecule has 10 heteroatoms. The number of halogens is 2. The van der Waals surface area contributed by atoms with Gasteiger partial charge < -0.3 is 0 Å². The minimum absolute atomic E-state index is 0.204. The van der Waals surface area contributed by atoms with E-state index in [1.807, 2.05) is 48.5 Å². The molecule has 3 aromatic carbocycles. The molecular formula is C24H20Cl2N4O2S2. The highest BCUT2D eigenvalue weighted by atomic mass is 35.5. The van der Waals surface area contributed by atoms with Crippen molar-refractivity contribution in [3.05, 3.63) is 94.0 Å². The van der Waals surface area contributed by atoms with E-state index >= 15 is 0 Å². The molecule has 0 unspecified atom stereocenters. The van der Waals surface area contributed by atoms with E-state index in [4.69, 9.17) is 23.2 Å². The average molecular weight is 531 g/mol. The van der Waals surface area contributed by atoms with Crippen LogP contribution in [0.15, 0.2) is 92.8 Å². The molecule has 34 heavy (non-hydrogen) atoms. The summed E-state index contributed by atoms with van der Waals surface area (Å²) in [6, 6.07) is 21.9. The van der Waals surface area contributed by atoms with E-state index in [0.29, 0.717) is 10.0 Å². The first kappa shape index (κ1) is 25.8. The number of rotatable bonds is 10. The third-order valence-electron chi connectivity index (χ3n) is 4.11. The molecule has 0 aromatic heterocycles. The number of hydrogen-bond acceptors (Lipinski definition) is 6. The Hall–Kier alpha value is -2.78. The van der Waals surface area contributed by atoms with Gasteiger partial charge in [-0.2, -0.15) is 10.2 Å². The monoisotopic (exact) mass is 530 g/mol. The molecule has 174 valence electrons. The number of carbonyl (C=O) groups is 2. The summed E-state index contributed by atoms with van der Waals surface area (Å²) in [5.74, 6) is 0.0891. The largest absolute Gasteiger partial charge is 0.272 e. The molecule has 0 saturated carbocycles. The highest BCUT2D eigenvalue weighted by molar-refractivity contribution is 8.00. The van der Waals surface area contributed by atoms with Crippen molar-refractivity contribution in [2.24, 2.45) is 10.2 Å². The summed E-state index contributed by atoms with van der Waals surface area (Å²) >= 11 is 14.5. The Morgan fingerprint density at radius 2 is 1.00 bits per heavy atom. The lowest BCUT2D eigenvalue weighted by molar-refractivity contribution is -0.119. The fraction of sp³-hybridized carbons (Fsp3) is 0.0833. The molecule has 0 heterocycles. The quantitative estimate of drug-likeness (QED) is 0.206. The first-order chi connectivity index (χ1) is 16.5. The molecule has 0 aliphatic heterocycles. The van der Waals surface area contributed by atoms with Crippen LogP contribution in [-0.4, -0.2) is 35.7 Å². The van der Waals surface area contributed by atoms with Crippen molar-refractivity contribution in [3.63, 3.8) is 0 Å². The number of nitrogens with zero attached hydrogens (tertiary/aromatic N) is 2. The van der Waals surface area contributed by atoms with Gasteiger partial charge in [-0.3, -0.25) is 9.59 Å². The summed E-state index contributed by atoms with van der Waals surface area (Å²) in [4.78, 5) is 25.7. The maximum Gasteiger partial charge on any atom is 0.250 e. The Morgan fingerprint density at radius 1 is 0.647 bits per heavy atom. The van der Waals surface area contributed by atoms with Gasteiger partial charge in [-0.1, -0.05) is 47.5 Å². The second-order valence-electron chi connectivity index (χ2n) is 6.74. The molecule has 0 atom stereocenters. The number of carbonyl (C=O) groups excluding carboxylic acids is 2. The van der Waals surface area contributed by atoms with Crippen LogP contribution in [0.2, 0.25) is 10.0 Å². The van der Waals surface area contributed by atoms with Gasteiger partial charge in [-0.15, -0.1) is 23.5 Å². The molecule has 3 rings (SSSR count). The number of amides is 2. The minimum atomic E-state index is -0.204. The summed E-state index contributed by atoms with van der Waals surface area (Å²) in [6.07, 6.45) is 3.11. The third kappa shape index (κ3) is 9.61. The molecule has 0 aliphatic rings. The van der Waals surface area contributed by atoms with Crippen molar-refractivity contribution in [1.82, 2.24) is 10.9 Å². The Balaban J connectivity index is 1.36. The second kappa shape index (κ2) is 13.8. The number of hydrazone groups is 2. The smallest absolute Gasteiger partial charge is 0.250 e. The van der Waals surface area contributed by atoms with E-state index in [-0.39, 0.29) is 23.3 Å². The average Bonchev–Trinajstić information content (AvgIpc) is 2.84. The van der Waals surface area contributed by atoms with E-state index in [1.165, 1.54) is 23.5 Å². The molecule has 0 radical (unpaired) electrons. The number of benzene rings is 3. The van der Waals surface area contributed by atoms with Crippen molar-refractivity contribution in [2.45, 2.75) is 9.79 Å². The lowest BCUT2D eigenvalue weighted by Crippen LogP contribution is -2.19.